The van der Waals surface area contributed by atoms with E-state index in [0.717, 1.165) is 5.52 Å². The normalized spacial score (nSPS) is 11.7. The molecule has 25 heavy (non-hydrogen) atoms. The van der Waals surface area contributed by atoms with Gasteiger partial charge in [0.25, 0.3) is 0 Å². The highest BCUT2D eigenvalue weighted by Gasteiger charge is 2.11. The molecular formula is C21H16N2O2. The summed E-state index contributed by atoms with van der Waals surface area (Å²) < 4.78 is 0. The number of H-pyrrole nitrogens is 2. The Morgan fingerprint density at radius 3 is 2.32 bits per heavy atom. The molecule has 2 aromatic carbocycles. The van der Waals surface area contributed by atoms with E-state index in [1.54, 1.807) is 43.4 Å². The van der Waals surface area contributed by atoms with Crippen molar-refractivity contribution in [2.75, 3.05) is 0 Å². The summed E-state index contributed by atoms with van der Waals surface area (Å²) in [5, 5.41) is 1.76. The van der Waals surface area contributed by atoms with Crippen LogP contribution in [0.5, 0.6) is 0 Å². The molecule has 0 spiro atoms. The number of hydrogen-bond donors (Lipinski definition) is 2. The number of para-hydroxylation sites is 1. The summed E-state index contributed by atoms with van der Waals surface area (Å²) in [5.41, 5.74) is 3.33. The minimum Gasteiger partial charge on any atom is -0.355 e. The van der Waals surface area contributed by atoms with Crippen molar-refractivity contribution in [3.8, 4) is 0 Å². The lowest BCUT2D eigenvalue weighted by molar-refractivity contribution is 1.27. The number of aromatic nitrogens is 2. The fourth-order valence-corrected chi connectivity index (χ4v) is 3.16. The van der Waals surface area contributed by atoms with Crippen LogP contribution in [0.25, 0.3) is 38.8 Å². The number of allylic oxidation sites excluding steroid dienone is 2. The van der Waals surface area contributed by atoms with Crippen LogP contribution < -0.4 is 10.9 Å². The van der Waals surface area contributed by atoms with Crippen LogP contribution in [-0.2, 0) is 0 Å². The average molecular weight is 328 g/mol. The Labute approximate surface area is 143 Å². The van der Waals surface area contributed by atoms with E-state index in [1.165, 1.54) is 0 Å². The Kier molecular flexibility index (Phi) is 3.39. The largest absolute Gasteiger partial charge is 0.355 e. The maximum absolute atomic E-state index is 12.8. The second kappa shape index (κ2) is 5.60. The number of aromatic amines is 2. The van der Waals surface area contributed by atoms with E-state index >= 15 is 0 Å². The van der Waals surface area contributed by atoms with Gasteiger partial charge in [-0.2, -0.15) is 0 Å². The molecule has 2 aromatic heterocycles. The number of benzene rings is 2. The van der Waals surface area contributed by atoms with E-state index in [0.29, 0.717) is 38.4 Å². The van der Waals surface area contributed by atoms with Gasteiger partial charge in [0, 0.05) is 32.9 Å². The molecule has 0 radical (unpaired) electrons. The lowest BCUT2D eigenvalue weighted by atomic mass is 10.0. The predicted molar refractivity (Wildman–Crippen MR) is 104 cm³/mol. The molecule has 0 saturated carbocycles. The standard InChI is InChI=1S/C21H16N2O2/c1-3-4-8-16-12(2)20(24)14-10-19-15(11-18(14)22-16)21(25)13-7-5-6-9-17(13)23-19/h3-11H,1H2,2H3,(H,22,24)(H,23,25)/b8-4-. The van der Waals surface area contributed by atoms with Gasteiger partial charge in [-0.15, -0.1) is 0 Å². The third kappa shape index (κ3) is 2.31. The maximum Gasteiger partial charge on any atom is 0.197 e. The second-order valence-electron chi connectivity index (χ2n) is 6.03. The zero-order chi connectivity index (χ0) is 17.6. The van der Waals surface area contributed by atoms with Gasteiger partial charge in [0.15, 0.2) is 10.9 Å². The molecule has 122 valence electrons. The molecule has 4 heteroatoms. The molecule has 2 N–H and O–H groups in total. The van der Waals surface area contributed by atoms with Crippen molar-refractivity contribution < 1.29 is 0 Å². The summed E-state index contributed by atoms with van der Waals surface area (Å²) in [4.78, 5) is 32.0. The van der Waals surface area contributed by atoms with Gasteiger partial charge < -0.3 is 9.97 Å². The van der Waals surface area contributed by atoms with Gasteiger partial charge in [0.1, 0.15) is 0 Å². The molecule has 0 atom stereocenters. The van der Waals surface area contributed by atoms with Gasteiger partial charge in [0.05, 0.1) is 11.0 Å². The molecular weight excluding hydrogens is 312 g/mol. The first-order chi connectivity index (χ1) is 12.1. The van der Waals surface area contributed by atoms with Crippen molar-refractivity contribution >= 4 is 38.8 Å². The van der Waals surface area contributed by atoms with Gasteiger partial charge >= 0.3 is 0 Å². The van der Waals surface area contributed by atoms with E-state index in [9.17, 15) is 9.59 Å². The van der Waals surface area contributed by atoms with Gasteiger partial charge in [0.2, 0.25) is 0 Å². The van der Waals surface area contributed by atoms with Crippen LogP contribution in [0.15, 0.2) is 64.7 Å². The van der Waals surface area contributed by atoms with Crippen LogP contribution in [-0.4, -0.2) is 9.97 Å². The van der Waals surface area contributed by atoms with E-state index in [-0.39, 0.29) is 10.9 Å². The maximum atomic E-state index is 12.8. The Bertz CT molecular complexity index is 1310. The van der Waals surface area contributed by atoms with Crippen molar-refractivity contribution in [1.29, 1.82) is 0 Å². The molecule has 4 aromatic rings. The smallest absolute Gasteiger partial charge is 0.197 e. The number of hydrogen-bond acceptors (Lipinski definition) is 2. The predicted octanol–water partition coefficient (Wildman–Crippen LogP) is 4.03. The summed E-state index contributed by atoms with van der Waals surface area (Å²) in [5.74, 6) is 0. The van der Waals surface area contributed by atoms with Crippen molar-refractivity contribution in [2.24, 2.45) is 0 Å². The van der Waals surface area contributed by atoms with Crippen molar-refractivity contribution in [1.82, 2.24) is 9.97 Å². The van der Waals surface area contributed by atoms with E-state index < -0.39 is 0 Å². The highest BCUT2D eigenvalue weighted by molar-refractivity contribution is 6.00. The van der Waals surface area contributed by atoms with Gasteiger partial charge in [-0.3, -0.25) is 9.59 Å². The van der Waals surface area contributed by atoms with Gasteiger partial charge in [-0.05, 0) is 37.3 Å². The molecule has 0 aliphatic rings. The van der Waals surface area contributed by atoms with Crippen LogP contribution in [0.1, 0.15) is 11.3 Å². The van der Waals surface area contributed by atoms with Gasteiger partial charge in [-0.25, -0.2) is 0 Å². The number of nitrogens with one attached hydrogen (secondary N) is 2. The summed E-state index contributed by atoms with van der Waals surface area (Å²) >= 11 is 0. The summed E-state index contributed by atoms with van der Waals surface area (Å²) in [6.07, 6.45) is 5.22. The van der Waals surface area contributed by atoms with Crippen LogP contribution in [0.4, 0.5) is 0 Å². The minimum absolute atomic E-state index is 0.0455. The highest BCUT2D eigenvalue weighted by atomic mass is 16.1. The Balaban J connectivity index is 2.16. The lowest BCUT2D eigenvalue weighted by Gasteiger charge is -2.08. The third-order valence-corrected chi connectivity index (χ3v) is 4.50. The van der Waals surface area contributed by atoms with E-state index in [2.05, 4.69) is 16.5 Å². The lowest BCUT2D eigenvalue weighted by Crippen LogP contribution is -2.11. The molecule has 0 amide bonds. The first-order valence-corrected chi connectivity index (χ1v) is 8.00. The van der Waals surface area contributed by atoms with Crippen molar-refractivity contribution in [2.45, 2.75) is 6.92 Å². The molecule has 0 bridgehead atoms. The molecule has 0 fully saturated rings. The monoisotopic (exact) mass is 328 g/mol. The number of pyridine rings is 2. The summed E-state index contributed by atoms with van der Waals surface area (Å²) in [6, 6.07) is 10.9. The molecule has 2 heterocycles. The number of rotatable bonds is 2. The molecule has 0 saturated heterocycles. The topological polar surface area (TPSA) is 65.7 Å². The zero-order valence-electron chi connectivity index (χ0n) is 13.7. The zero-order valence-corrected chi connectivity index (χ0v) is 13.7. The summed E-state index contributed by atoms with van der Waals surface area (Å²) in [6.45, 7) is 5.43. The SMILES string of the molecule is C=C/C=C\c1[nH]c2cc3c(=O)c4ccccc4[nH]c3cc2c(=O)c1C. The Morgan fingerprint density at radius 1 is 0.880 bits per heavy atom. The molecule has 0 aliphatic carbocycles. The van der Waals surface area contributed by atoms with Gasteiger partial charge in [-0.1, -0.05) is 30.9 Å². The fraction of sp³-hybridized carbons (Fsp3) is 0.0476. The average Bonchev–Trinajstić information content (AvgIpc) is 2.63. The third-order valence-electron chi connectivity index (χ3n) is 4.50. The van der Waals surface area contributed by atoms with Crippen LogP contribution in [0, 0.1) is 6.92 Å². The molecule has 4 rings (SSSR count). The highest BCUT2D eigenvalue weighted by Crippen LogP contribution is 2.20. The first-order valence-electron chi connectivity index (χ1n) is 8.00. The van der Waals surface area contributed by atoms with E-state index in [4.69, 9.17) is 0 Å². The molecule has 4 nitrogen and oxygen atoms in total. The fourth-order valence-electron chi connectivity index (χ4n) is 3.16. The Morgan fingerprint density at radius 2 is 1.56 bits per heavy atom. The summed E-state index contributed by atoms with van der Waals surface area (Å²) in [7, 11) is 0. The van der Waals surface area contributed by atoms with Crippen LogP contribution in [0.2, 0.25) is 0 Å². The van der Waals surface area contributed by atoms with Crippen LogP contribution >= 0.6 is 0 Å². The van der Waals surface area contributed by atoms with Crippen molar-refractivity contribution in [3.63, 3.8) is 0 Å². The quantitative estimate of drug-likeness (QED) is 0.431. The molecule has 0 aliphatic heterocycles. The van der Waals surface area contributed by atoms with E-state index in [1.807, 2.05) is 18.2 Å². The number of fused-ring (bicyclic) bond motifs is 3. The minimum atomic E-state index is -0.0478. The van der Waals surface area contributed by atoms with Crippen LogP contribution in [0.3, 0.4) is 0 Å². The first kappa shape index (κ1) is 15.1. The molecule has 0 unspecified atom stereocenters. The Hall–Kier alpha value is -3.40. The second-order valence-corrected chi connectivity index (χ2v) is 6.03. The van der Waals surface area contributed by atoms with Crippen molar-refractivity contribution in [3.05, 3.63) is 86.8 Å².